The number of hydrogen-bond donors (Lipinski definition) is 7. The number of alkyl carbamates (subject to hydrolysis) is 2. The number of pyridine rings is 2. The first kappa shape index (κ1) is 96.5. The molecule has 4 aliphatic heterocycles. The van der Waals surface area contributed by atoms with Crippen LogP contribution in [0.4, 0.5) is 19.9 Å². The standard InChI is InChI=1S/C41H52N6O8S.C26H39N3O6.C16H17N3O2S.CH2O3.2Cs.H/c1-24(2)42-39-44-33(23-56-39)32-20-35(29-17-16-27(52-3)18-31(29)43-32)54-28-19-34-36(48)46-41(38(50)53-4)21-25(41)12-8-6-5-7-9-15-30(37(49)47(34)22-28)45-40(51)55-26-13-10-11-14-26;1-17-14-21-22(30)28-26(24(32)34-2)15-18(26)10-6-4-3-5-7-13-20(23(31)29(21)16-17)27-25(33)35-19-11-8-9-12-19;1-9(2)17-16-19-14(8-22-16)13-7-15(20)11-5-4-10(21-3)6-12(11)18-13;2-1-4-3;;;/h8,12,16-18,20,23-26,28,30,34H,5-7,9-11,13-15,19,21-22H2,1-4H3,(H,42,44)(H,45,51)(H,46,48);6,10,17-21H,3-5,7-9,11-16H2,1-2H3,(H,27,33)(H,28,30);4-9H,1-3H3,(H,17,19)(H,18,20);1,3H;;;/q;;;;2*+1;-1/p-1/b12-8-;10-6-;;;;;/t25-,28-,30+,34+,41-;17-,18+,20-,21-,26+;;;;;/m10...../s1. The topological polar surface area (TPSA) is 401 Å². The first-order valence-corrected chi connectivity index (χ1v) is 42.4. The molecule has 7 N–H and O–H groups in total. The number of aromatic amines is 1. The van der Waals surface area contributed by atoms with Gasteiger partial charge in [-0.1, -0.05) is 56.9 Å². The van der Waals surface area contributed by atoms with Gasteiger partial charge in [0.25, 0.3) is 6.47 Å². The van der Waals surface area contributed by atoms with Gasteiger partial charge in [0.1, 0.15) is 76.5 Å². The third-order valence-corrected chi connectivity index (χ3v) is 23.8. The summed E-state index contributed by atoms with van der Waals surface area (Å²) in [4.78, 5) is 152. The Morgan fingerprint density at radius 3 is 1.57 bits per heavy atom. The molecule has 4 saturated carbocycles. The summed E-state index contributed by atoms with van der Waals surface area (Å²) in [7, 11) is 5.83. The molecular formula is C84H110Cs2N12O19S2. The molecule has 4 aromatic heterocycles. The van der Waals surface area contributed by atoms with Crippen molar-refractivity contribution in [3.05, 3.63) is 93.8 Å². The summed E-state index contributed by atoms with van der Waals surface area (Å²) in [6.07, 6.45) is 22.5. The van der Waals surface area contributed by atoms with Crippen LogP contribution in [0.1, 0.15) is 177 Å². The molecule has 4 aliphatic carbocycles. The largest absolute Gasteiger partial charge is 1.00 e. The number of carbonyl (C=O) groups excluding carboxylic acids is 9. The molecule has 14 rings (SSSR count). The SMILES string of the molecule is COC(=O)[C@@]12C[C@H]1/C=C\CCCCC[C@H](NC(=O)OC1CCCC1)C(=O)N1C[C@@H](C)C[C@H]1C(=O)N2.COC(=O)[C@@]12C[C@H]1/C=C\CCCCC[C@H](NC(=O)OC1CCCC1)C(=O)N1C[C@H](Oc3cc(-c4csc(NC(C)C)n4)nc4cc(OC)ccc34)C[C@H]1C(=O)N2.COc1ccc2c(=O)cc(-c3csc(NC(C)C)n3)[nH]c2c1.O=CO[O-].[Cs+].[Cs+].[H-]. The number of anilines is 2. The van der Waals surface area contributed by atoms with Crippen LogP contribution in [-0.2, 0) is 57.4 Å². The van der Waals surface area contributed by atoms with E-state index in [1.807, 2.05) is 80.1 Å². The molecule has 0 bridgehead atoms. The molecule has 8 heterocycles. The number of methoxy groups -OCH3 is 4. The molecule has 6 fully saturated rings. The first-order chi connectivity index (χ1) is 56.4. The van der Waals surface area contributed by atoms with Crippen LogP contribution in [0.15, 0.2) is 88.4 Å². The number of nitrogens with one attached hydrogen (secondary N) is 7. The van der Waals surface area contributed by atoms with Gasteiger partial charge < -0.3 is 91.4 Å². The molecule has 2 aromatic carbocycles. The van der Waals surface area contributed by atoms with Crippen molar-refractivity contribution in [1.82, 2.24) is 51.0 Å². The summed E-state index contributed by atoms with van der Waals surface area (Å²) < 4.78 is 38.9. The van der Waals surface area contributed by atoms with Crippen LogP contribution < -0.4 is 195 Å². The van der Waals surface area contributed by atoms with Gasteiger partial charge in [-0.05, 0) is 167 Å². The Morgan fingerprint density at radius 2 is 1.07 bits per heavy atom. The number of allylic oxidation sites excluding steroid dienone is 2. The molecule has 31 nitrogen and oxygen atoms in total. The van der Waals surface area contributed by atoms with Gasteiger partial charge in [0.05, 0.1) is 63.1 Å². The van der Waals surface area contributed by atoms with Gasteiger partial charge in [0.15, 0.2) is 15.7 Å². The van der Waals surface area contributed by atoms with E-state index in [1.54, 1.807) is 37.3 Å². The monoisotopic (exact) mass is 1920 g/mol. The van der Waals surface area contributed by atoms with E-state index in [4.69, 9.17) is 53.2 Å². The van der Waals surface area contributed by atoms with Crippen LogP contribution >= 0.6 is 22.7 Å². The Kier molecular flexibility index (Phi) is 37.2. The van der Waals surface area contributed by atoms with Crippen molar-refractivity contribution in [1.29, 1.82) is 0 Å². The summed E-state index contributed by atoms with van der Waals surface area (Å²) >= 11 is 3.00. The van der Waals surface area contributed by atoms with Gasteiger partial charge >= 0.3 is 162 Å². The summed E-state index contributed by atoms with van der Waals surface area (Å²) in [6, 6.07) is 11.5. The fraction of sp³-hybridized carbons (Fsp3) is 0.560. The zero-order chi connectivity index (χ0) is 83.5. The smallest absolute Gasteiger partial charge is 1.00 e. The predicted octanol–water partition coefficient (Wildman–Crippen LogP) is 5.01. The van der Waals surface area contributed by atoms with Gasteiger partial charge in [-0.3, -0.25) is 28.8 Å². The molecule has 10 atom stereocenters. The number of rotatable bonds is 17. The van der Waals surface area contributed by atoms with E-state index in [0.29, 0.717) is 96.3 Å². The number of carbonyl (C=O) groups is 9. The van der Waals surface area contributed by atoms with Gasteiger partial charge in [-0.25, -0.2) is 34.1 Å². The van der Waals surface area contributed by atoms with E-state index in [9.17, 15) is 43.2 Å². The van der Waals surface area contributed by atoms with Crippen molar-refractivity contribution in [3.8, 4) is 40.0 Å². The van der Waals surface area contributed by atoms with E-state index in [1.165, 1.54) is 41.8 Å². The summed E-state index contributed by atoms with van der Waals surface area (Å²) in [6.45, 7) is 10.5. The zero-order valence-electron chi connectivity index (χ0n) is 70.9. The van der Waals surface area contributed by atoms with Crippen molar-refractivity contribution >= 4 is 109 Å². The molecular weight excluding hydrogens is 1810 g/mol. The second-order valence-corrected chi connectivity index (χ2v) is 33.4. The maximum absolute atomic E-state index is 14.6. The Bertz CT molecular complexity index is 4640. The maximum Gasteiger partial charge on any atom is 1.00 e. The van der Waals surface area contributed by atoms with Crippen molar-refractivity contribution in [2.45, 2.75) is 242 Å². The average molecular weight is 1920 g/mol. The minimum Gasteiger partial charge on any atom is -1.00 e. The third kappa shape index (κ3) is 25.7. The third-order valence-electron chi connectivity index (χ3n) is 22.3. The van der Waals surface area contributed by atoms with Crippen molar-refractivity contribution in [2.75, 3.05) is 52.2 Å². The van der Waals surface area contributed by atoms with Crippen LogP contribution in [0.3, 0.4) is 0 Å². The van der Waals surface area contributed by atoms with Crippen LogP contribution in [0.2, 0.25) is 0 Å². The Labute approximate surface area is 820 Å². The number of aromatic nitrogens is 4. The van der Waals surface area contributed by atoms with Gasteiger partial charge in [-0.2, -0.15) is 0 Å². The minimum absolute atomic E-state index is 0. The predicted molar refractivity (Wildman–Crippen MR) is 439 cm³/mol. The van der Waals surface area contributed by atoms with Crippen LogP contribution in [0.25, 0.3) is 44.6 Å². The zero-order valence-corrected chi connectivity index (χ0v) is 84.1. The fourth-order valence-corrected chi connectivity index (χ4v) is 17.8. The Hall–Kier alpha value is -6.31. The first-order valence-electron chi connectivity index (χ1n) is 40.6. The molecule has 119 heavy (non-hydrogen) atoms. The summed E-state index contributed by atoms with van der Waals surface area (Å²) in [5.74, 6) is -0.816. The molecule has 0 spiro atoms. The van der Waals surface area contributed by atoms with E-state index in [0.717, 1.165) is 123 Å². The molecule has 0 radical (unpaired) electrons. The number of thiazole rings is 2. The molecule has 2 saturated heterocycles. The number of amides is 6. The summed E-state index contributed by atoms with van der Waals surface area (Å²) in [5, 5.41) is 33.5. The number of hydrogen-bond acceptors (Lipinski definition) is 26. The van der Waals surface area contributed by atoms with E-state index < -0.39 is 77.3 Å². The minimum atomic E-state index is -1.22. The van der Waals surface area contributed by atoms with Crippen LogP contribution in [0, 0.1) is 17.8 Å². The quantitative estimate of drug-likeness (QED) is 0.0158. The van der Waals surface area contributed by atoms with Crippen molar-refractivity contribution in [2.24, 2.45) is 17.8 Å². The molecule has 35 heteroatoms. The van der Waals surface area contributed by atoms with Gasteiger partial charge in [-0.15, -0.1) is 22.7 Å². The van der Waals surface area contributed by atoms with Gasteiger partial charge in [0, 0.05) is 82.7 Å². The number of ether oxygens (including phenoxy) is 7. The fourth-order valence-electron chi connectivity index (χ4n) is 16.1. The van der Waals surface area contributed by atoms with Crippen molar-refractivity contribution in [3.63, 3.8) is 0 Å². The number of H-pyrrole nitrogens is 1. The molecule has 0 unspecified atom stereocenters. The van der Waals surface area contributed by atoms with E-state index in [-0.39, 0.29) is 212 Å². The second-order valence-electron chi connectivity index (χ2n) is 31.7. The molecule has 6 amide bonds. The second kappa shape index (κ2) is 45.9. The Morgan fingerprint density at radius 1 is 0.588 bits per heavy atom. The molecule has 634 valence electrons. The number of nitrogens with zero attached hydrogens (tertiary/aromatic N) is 5. The van der Waals surface area contributed by atoms with E-state index >= 15 is 0 Å². The van der Waals surface area contributed by atoms with E-state index in [2.05, 4.69) is 66.7 Å². The number of fused-ring (bicyclic) bond motifs is 6. The van der Waals surface area contributed by atoms with Crippen LogP contribution in [0.5, 0.6) is 17.2 Å². The maximum atomic E-state index is 14.6. The van der Waals surface area contributed by atoms with Gasteiger partial charge in [0.2, 0.25) is 23.6 Å². The van der Waals surface area contributed by atoms with Crippen LogP contribution in [-0.4, -0.2) is 191 Å². The molecule has 8 aliphatic rings. The Balaban J connectivity index is 0.000000238. The summed E-state index contributed by atoms with van der Waals surface area (Å²) in [5.41, 5.74) is 1.79. The number of benzene rings is 2. The van der Waals surface area contributed by atoms with Crippen molar-refractivity contribution < 1.29 is 226 Å². The molecule has 6 aromatic rings. The number of esters is 2. The average Bonchev–Trinajstić information content (AvgIpc) is 1.58. The normalized spacial score (nSPS) is 24.9.